The molecule has 0 spiro atoms. The molecule has 1 aromatic carbocycles. The highest BCUT2D eigenvalue weighted by atomic mass is 32.2. The zero-order valence-corrected chi connectivity index (χ0v) is 9.80. The molecule has 0 fully saturated rings. The molecule has 3 nitrogen and oxygen atoms in total. The number of rotatable bonds is 1. The van der Waals surface area contributed by atoms with E-state index in [4.69, 9.17) is 0 Å². The number of thioether (sulfide) groups is 1. The van der Waals surface area contributed by atoms with Crippen LogP contribution < -0.4 is 0 Å². The Kier molecular flexibility index (Phi) is 3.29. The summed E-state index contributed by atoms with van der Waals surface area (Å²) in [6, 6.07) is 5.46. The first-order chi connectivity index (χ1) is 7.66. The second kappa shape index (κ2) is 4.70. The molecule has 0 saturated heterocycles. The van der Waals surface area contributed by atoms with Gasteiger partial charge in [0, 0.05) is 11.8 Å². The van der Waals surface area contributed by atoms with Crippen LogP contribution in [0.15, 0.2) is 23.1 Å². The molecule has 0 amide bonds. The second-order valence-electron chi connectivity index (χ2n) is 3.66. The number of fused-ring (bicyclic) bond motifs is 1. The lowest BCUT2D eigenvalue weighted by molar-refractivity contribution is -0.135. The van der Waals surface area contributed by atoms with Gasteiger partial charge in [-0.25, -0.2) is 4.79 Å². The van der Waals surface area contributed by atoms with Crippen molar-refractivity contribution in [2.45, 2.75) is 24.7 Å². The summed E-state index contributed by atoms with van der Waals surface area (Å²) < 4.78 is 4.54. The van der Waals surface area contributed by atoms with Gasteiger partial charge >= 0.3 is 11.9 Å². The van der Waals surface area contributed by atoms with Crippen molar-refractivity contribution in [1.82, 2.24) is 0 Å². The lowest BCUT2D eigenvalue weighted by atomic mass is 10.1. The van der Waals surface area contributed by atoms with E-state index in [0.29, 0.717) is 5.56 Å². The van der Waals surface area contributed by atoms with Gasteiger partial charge in [-0.3, -0.25) is 4.79 Å². The van der Waals surface area contributed by atoms with Gasteiger partial charge < -0.3 is 4.74 Å². The van der Waals surface area contributed by atoms with E-state index < -0.39 is 11.9 Å². The third-order valence-corrected chi connectivity index (χ3v) is 3.58. The number of aryl methyl sites for hydroxylation is 1. The SMILES string of the molecule is CC(=O)OC(=O)c1ccc2c(c1)CCCS2. The average Bonchev–Trinajstić information content (AvgIpc) is 2.27. The Balaban J connectivity index is 2.23. The molecule has 0 aliphatic carbocycles. The fourth-order valence-electron chi connectivity index (χ4n) is 1.68. The lowest BCUT2D eigenvalue weighted by Gasteiger charge is -2.15. The van der Waals surface area contributed by atoms with Crippen LogP contribution in [0.5, 0.6) is 0 Å². The Hall–Kier alpha value is -1.29. The van der Waals surface area contributed by atoms with Gasteiger partial charge in [0.2, 0.25) is 0 Å². The normalized spacial score (nSPS) is 14.1. The minimum Gasteiger partial charge on any atom is -0.390 e. The Morgan fingerprint density at radius 2 is 2.19 bits per heavy atom. The van der Waals surface area contributed by atoms with Gasteiger partial charge in [0.25, 0.3) is 0 Å². The van der Waals surface area contributed by atoms with Gasteiger partial charge in [-0.1, -0.05) is 0 Å². The number of carbonyl (C=O) groups is 2. The highest BCUT2D eigenvalue weighted by Gasteiger charge is 2.15. The Morgan fingerprint density at radius 3 is 2.94 bits per heavy atom. The average molecular weight is 236 g/mol. The molecule has 0 N–H and O–H groups in total. The van der Waals surface area contributed by atoms with Crippen LogP contribution in [0.2, 0.25) is 0 Å². The molecule has 2 rings (SSSR count). The highest BCUT2D eigenvalue weighted by Crippen LogP contribution is 2.30. The molecule has 0 unspecified atom stereocenters. The molecule has 0 aromatic heterocycles. The second-order valence-corrected chi connectivity index (χ2v) is 4.79. The molecular weight excluding hydrogens is 224 g/mol. The fraction of sp³-hybridized carbons (Fsp3) is 0.333. The largest absolute Gasteiger partial charge is 0.390 e. The van der Waals surface area contributed by atoms with E-state index in [9.17, 15) is 9.59 Å². The van der Waals surface area contributed by atoms with Crippen molar-refractivity contribution in [3.63, 3.8) is 0 Å². The Labute approximate surface area is 98.2 Å². The summed E-state index contributed by atoms with van der Waals surface area (Å²) in [5, 5.41) is 0. The molecule has 1 heterocycles. The fourth-order valence-corrected chi connectivity index (χ4v) is 2.70. The van der Waals surface area contributed by atoms with E-state index in [2.05, 4.69) is 4.74 Å². The molecule has 1 aliphatic rings. The third kappa shape index (κ3) is 2.44. The number of benzene rings is 1. The van der Waals surface area contributed by atoms with Crippen LogP contribution in [0.1, 0.15) is 29.3 Å². The van der Waals surface area contributed by atoms with Crippen molar-refractivity contribution in [3.05, 3.63) is 29.3 Å². The summed E-state index contributed by atoms with van der Waals surface area (Å²) >= 11 is 1.80. The highest BCUT2D eigenvalue weighted by molar-refractivity contribution is 7.99. The molecule has 0 atom stereocenters. The summed E-state index contributed by atoms with van der Waals surface area (Å²) in [7, 11) is 0. The van der Waals surface area contributed by atoms with Crippen molar-refractivity contribution in [2.24, 2.45) is 0 Å². The van der Waals surface area contributed by atoms with Gasteiger partial charge in [0.15, 0.2) is 0 Å². The van der Waals surface area contributed by atoms with Crippen LogP contribution in [-0.2, 0) is 16.0 Å². The van der Waals surface area contributed by atoms with Crippen molar-refractivity contribution in [3.8, 4) is 0 Å². The van der Waals surface area contributed by atoms with E-state index in [1.54, 1.807) is 17.8 Å². The first-order valence-corrected chi connectivity index (χ1v) is 6.14. The summed E-state index contributed by atoms with van der Waals surface area (Å²) in [5.74, 6) is -0.00693. The van der Waals surface area contributed by atoms with Crippen molar-refractivity contribution in [2.75, 3.05) is 5.75 Å². The minimum absolute atomic E-state index is 0.455. The van der Waals surface area contributed by atoms with Gasteiger partial charge in [0.05, 0.1) is 5.56 Å². The smallest absolute Gasteiger partial charge is 0.345 e. The molecule has 0 saturated carbocycles. The van der Waals surface area contributed by atoms with Crippen LogP contribution in [0.4, 0.5) is 0 Å². The molecular formula is C12H12O3S. The Morgan fingerprint density at radius 1 is 1.38 bits per heavy atom. The number of carbonyl (C=O) groups excluding carboxylic acids is 2. The molecule has 1 aromatic rings. The zero-order chi connectivity index (χ0) is 11.5. The van der Waals surface area contributed by atoms with E-state index in [1.807, 2.05) is 12.1 Å². The lowest BCUT2D eigenvalue weighted by Crippen LogP contribution is -2.10. The van der Waals surface area contributed by atoms with Crippen LogP contribution in [0.25, 0.3) is 0 Å². The van der Waals surface area contributed by atoms with Crippen LogP contribution >= 0.6 is 11.8 Å². The molecule has 84 valence electrons. The first-order valence-electron chi connectivity index (χ1n) is 5.15. The summed E-state index contributed by atoms with van der Waals surface area (Å²) in [4.78, 5) is 23.4. The number of hydrogen-bond acceptors (Lipinski definition) is 4. The maximum atomic E-state index is 11.5. The quantitative estimate of drug-likeness (QED) is 0.555. The topological polar surface area (TPSA) is 43.4 Å². The first kappa shape index (κ1) is 11.2. The van der Waals surface area contributed by atoms with Crippen molar-refractivity contribution >= 4 is 23.7 Å². The summed E-state index contributed by atoms with van der Waals surface area (Å²) in [5.41, 5.74) is 1.63. The number of esters is 2. The standard InChI is InChI=1S/C12H12O3S/c1-8(13)15-12(14)10-4-5-11-9(7-10)3-2-6-16-11/h4-5,7H,2-3,6H2,1H3. The number of hydrogen-bond donors (Lipinski definition) is 0. The monoisotopic (exact) mass is 236 g/mol. The maximum Gasteiger partial charge on any atom is 0.345 e. The van der Waals surface area contributed by atoms with Crippen LogP contribution in [-0.4, -0.2) is 17.7 Å². The molecule has 1 aliphatic heterocycles. The maximum absolute atomic E-state index is 11.5. The van der Waals surface area contributed by atoms with E-state index >= 15 is 0 Å². The predicted molar refractivity (Wildman–Crippen MR) is 61.6 cm³/mol. The third-order valence-electron chi connectivity index (χ3n) is 2.38. The van der Waals surface area contributed by atoms with Crippen LogP contribution in [0.3, 0.4) is 0 Å². The van der Waals surface area contributed by atoms with E-state index in [1.165, 1.54) is 17.4 Å². The van der Waals surface area contributed by atoms with E-state index in [0.717, 1.165) is 18.6 Å². The van der Waals surface area contributed by atoms with Gasteiger partial charge in [-0.15, -0.1) is 11.8 Å². The molecule has 0 bridgehead atoms. The molecule has 0 radical (unpaired) electrons. The van der Waals surface area contributed by atoms with Gasteiger partial charge in [-0.05, 0) is 42.4 Å². The van der Waals surface area contributed by atoms with Gasteiger partial charge in [0.1, 0.15) is 0 Å². The predicted octanol–water partition coefficient (Wildman–Crippen LogP) is 2.43. The summed E-state index contributed by atoms with van der Waals surface area (Å²) in [6.45, 7) is 1.23. The Bertz CT molecular complexity index is 440. The molecule has 16 heavy (non-hydrogen) atoms. The van der Waals surface area contributed by atoms with E-state index in [-0.39, 0.29) is 0 Å². The van der Waals surface area contributed by atoms with Gasteiger partial charge in [-0.2, -0.15) is 0 Å². The molecule has 4 heteroatoms. The van der Waals surface area contributed by atoms with Crippen molar-refractivity contribution in [1.29, 1.82) is 0 Å². The zero-order valence-electron chi connectivity index (χ0n) is 8.99. The summed E-state index contributed by atoms with van der Waals surface area (Å²) in [6.07, 6.45) is 2.12. The number of ether oxygens (including phenoxy) is 1. The van der Waals surface area contributed by atoms with Crippen LogP contribution in [0, 0.1) is 0 Å². The minimum atomic E-state index is -0.572. The van der Waals surface area contributed by atoms with Crippen molar-refractivity contribution < 1.29 is 14.3 Å².